The zero-order valence-electron chi connectivity index (χ0n) is 9.52. The maximum Gasteiger partial charge on any atom is 0.262 e. The molecule has 1 atom stereocenters. The van der Waals surface area contributed by atoms with Gasteiger partial charge in [0.1, 0.15) is 5.00 Å². The molecule has 0 fully saturated rings. The van der Waals surface area contributed by atoms with Crippen LogP contribution in [-0.4, -0.2) is 14.5 Å². The third kappa shape index (κ3) is 1.80. The van der Waals surface area contributed by atoms with Gasteiger partial charge in [-0.1, -0.05) is 19.0 Å². The van der Waals surface area contributed by atoms with Crippen LogP contribution in [0.3, 0.4) is 0 Å². The van der Waals surface area contributed by atoms with Crippen LogP contribution in [-0.2, 0) is 0 Å². The molecule has 2 aromatic heterocycles. The highest BCUT2D eigenvalue weighted by Gasteiger charge is 2.19. The number of nitrogen functional groups attached to an aromatic ring is 1. The molecule has 0 radical (unpaired) electrons. The Morgan fingerprint density at radius 3 is 2.81 bits per heavy atom. The number of aromatic nitrogens is 3. The summed E-state index contributed by atoms with van der Waals surface area (Å²) in [6, 6.07) is 0. The Kier molecular flexibility index (Phi) is 2.91. The smallest absolute Gasteiger partial charge is 0.262 e. The maximum atomic E-state index is 5.82. The van der Waals surface area contributed by atoms with E-state index in [0.29, 0.717) is 16.8 Å². The first kappa shape index (κ1) is 11.1. The van der Waals surface area contributed by atoms with E-state index < -0.39 is 0 Å². The Hall–Kier alpha value is -1.43. The van der Waals surface area contributed by atoms with Gasteiger partial charge in [0.05, 0.1) is 11.3 Å². The molecule has 0 saturated carbocycles. The van der Waals surface area contributed by atoms with Crippen molar-refractivity contribution in [1.29, 1.82) is 0 Å². The largest absolute Gasteiger partial charge is 0.389 e. The minimum Gasteiger partial charge on any atom is -0.389 e. The quantitative estimate of drug-likeness (QED) is 0.889. The van der Waals surface area contributed by atoms with Gasteiger partial charge in [0.15, 0.2) is 5.82 Å². The summed E-state index contributed by atoms with van der Waals surface area (Å²) in [5.74, 6) is 1.49. The molecular weight excluding hydrogens is 224 g/mol. The second-order valence-electron chi connectivity index (χ2n) is 3.77. The lowest BCUT2D eigenvalue weighted by atomic mass is 10.1. The molecule has 2 N–H and O–H groups in total. The Morgan fingerprint density at radius 2 is 2.25 bits per heavy atom. The highest BCUT2D eigenvalue weighted by Crippen LogP contribution is 2.31. The molecule has 6 heteroatoms. The fourth-order valence-electron chi connectivity index (χ4n) is 1.37. The molecule has 0 aliphatic rings. The molecule has 2 heterocycles. The first-order chi connectivity index (χ1) is 7.63. The van der Waals surface area contributed by atoms with Crippen LogP contribution in [0.15, 0.2) is 4.52 Å². The van der Waals surface area contributed by atoms with Gasteiger partial charge in [-0.3, -0.25) is 0 Å². The summed E-state index contributed by atoms with van der Waals surface area (Å²) in [5, 5.41) is 4.58. The topological polar surface area (TPSA) is 77.8 Å². The number of anilines is 1. The van der Waals surface area contributed by atoms with Crippen molar-refractivity contribution in [2.75, 3.05) is 5.73 Å². The third-order valence-corrected chi connectivity index (χ3v) is 3.36. The zero-order chi connectivity index (χ0) is 11.7. The van der Waals surface area contributed by atoms with Crippen LogP contribution in [0.25, 0.3) is 11.5 Å². The van der Waals surface area contributed by atoms with Crippen molar-refractivity contribution >= 4 is 16.5 Å². The second-order valence-corrected chi connectivity index (χ2v) is 4.58. The van der Waals surface area contributed by atoms with Crippen molar-refractivity contribution < 1.29 is 4.52 Å². The fraction of sp³-hybridized carbons (Fsp3) is 0.500. The van der Waals surface area contributed by atoms with E-state index in [-0.39, 0.29) is 0 Å². The van der Waals surface area contributed by atoms with Gasteiger partial charge >= 0.3 is 0 Å². The molecule has 5 nitrogen and oxygen atoms in total. The van der Waals surface area contributed by atoms with Crippen molar-refractivity contribution in [2.24, 2.45) is 0 Å². The lowest BCUT2D eigenvalue weighted by molar-refractivity contribution is 0.416. The molecule has 2 rings (SSSR count). The monoisotopic (exact) mass is 238 g/mol. The normalized spacial score (nSPS) is 12.9. The Labute approximate surface area is 97.8 Å². The maximum absolute atomic E-state index is 5.82. The molecule has 0 aliphatic heterocycles. The molecule has 0 amide bonds. The lowest BCUT2D eigenvalue weighted by Gasteiger charge is -1.98. The van der Waals surface area contributed by atoms with Crippen molar-refractivity contribution in [2.45, 2.75) is 33.1 Å². The Morgan fingerprint density at radius 1 is 1.50 bits per heavy atom. The van der Waals surface area contributed by atoms with Crippen molar-refractivity contribution in [3.05, 3.63) is 11.5 Å². The molecular formula is C10H14N4OS. The predicted molar refractivity (Wildman–Crippen MR) is 63.3 cm³/mol. The van der Waals surface area contributed by atoms with Gasteiger partial charge in [-0.25, -0.2) is 0 Å². The minimum atomic E-state index is 0.297. The van der Waals surface area contributed by atoms with Gasteiger partial charge in [0.2, 0.25) is 0 Å². The van der Waals surface area contributed by atoms with E-state index >= 15 is 0 Å². The standard InChI is InChI=1S/C10H14N4OS/c1-4-5(2)9-12-10(15-13-9)7-6(3)14-16-8(7)11/h5H,4,11H2,1-3H3. The molecule has 0 spiro atoms. The number of hydrogen-bond acceptors (Lipinski definition) is 6. The highest BCUT2D eigenvalue weighted by molar-refractivity contribution is 7.10. The molecule has 0 saturated heterocycles. The summed E-state index contributed by atoms with van der Waals surface area (Å²) < 4.78 is 9.37. The number of aryl methyl sites for hydroxylation is 1. The highest BCUT2D eigenvalue weighted by atomic mass is 32.1. The molecule has 0 aromatic carbocycles. The van der Waals surface area contributed by atoms with E-state index in [1.54, 1.807) is 0 Å². The van der Waals surface area contributed by atoms with Gasteiger partial charge in [-0.2, -0.15) is 9.36 Å². The molecule has 16 heavy (non-hydrogen) atoms. The number of nitrogens with two attached hydrogens (primary N) is 1. The van der Waals surface area contributed by atoms with E-state index in [9.17, 15) is 0 Å². The molecule has 0 bridgehead atoms. The Balaban J connectivity index is 2.39. The van der Waals surface area contributed by atoms with Gasteiger partial charge in [0, 0.05) is 5.92 Å². The van der Waals surface area contributed by atoms with Gasteiger partial charge < -0.3 is 10.3 Å². The summed E-state index contributed by atoms with van der Waals surface area (Å²) in [6.45, 7) is 6.04. The molecule has 1 unspecified atom stereocenters. The van der Waals surface area contributed by atoms with Crippen LogP contribution in [0, 0.1) is 6.92 Å². The fourth-order valence-corrected chi connectivity index (χ4v) is 2.02. The summed E-state index contributed by atoms with van der Waals surface area (Å²) >= 11 is 1.25. The first-order valence-electron chi connectivity index (χ1n) is 5.19. The van der Waals surface area contributed by atoms with Crippen molar-refractivity contribution in [3.63, 3.8) is 0 Å². The van der Waals surface area contributed by atoms with E-state index in [1.165, 1.54) is 11.5 Å². The third-order valence-electron chi connectivity index (χ3n) is 2.60. The lowest BCUT2D eigenvalue weighted by Crippen LogP contribution is -1.94. The van der Waals surface area contributed by atoms with Gasteiger partial charge in [-0.15, -0.1) is 0 Å². The van der Waals surface area contributed by atoms with Crippen LogP contribution in [0.2, 0.25) is 0 Å². The van der Waals surface area contributed by atoms with Crippen LogP contribution in [0.4, 0.5) is 5.00 Å². The van der Waals surface area contributed by atoms with Gasteiger partial charge in [0.25, 0.3) is 5.89 Å². The first-order valence-corrected chi connectivity index (χ1v) is 5.96. The number of hydrogen-bond donors (Lipinski definition) is 1. The van der Waals surface area contributed by atoms with E-state index in [2.05, 4.69) is 28.4 Å². The number of nitrogens with zero attached hydrogens (tertiary/aromatic N) is 3. The zero-order valence-corrected chi connectivity index (χ0v) is 10.3. The predicted octanol–water partition coefficient (Wildman–Crippen LogP) is 2.60. The van der Waals surface area contributed by atoms with Crippen molar-refractivity contribution in [1.82, 2.24) is 14.5 Å². The van der Waals surface area contributed by atoms with E-state index in [1.807, 2.05) is 6.92 Å². The van der Waals surface area contributed by atoms with Gasteiger partial charge in [-0.05, 0) is 24.9 Å². The summed E-state index contributed by atoms with van der Waals surface area (Å²) in [7, 11) is 0. The van der Waals surface area contributed by atoms with Crippen LogP contribution >= 0.6 is 11.5 Å². The SMILES string of the molecule is CCC(C)c1noc(-c2c(C)nsc2N)n1. The summed E-state index contributed by atoms with van der Waals surface area (Å²) in [5.41, 5.74) is 7.42. The number of rotatable bonds is 3. The van der Waals surface area contributed by atoms with Crippen LogP contribution in [0.1, 0.15) is 37.7 Å². The van der Waals surface area contributed by atoms with E-state index in [0.717, 1.165) is 23.5 Å². The van der Waals surface area contributed by atoms with E-state index in [4.69, 9.17) is 10.3 Å². The van der Waals surface area contributed by atoms with Crippen LogP contribution in [0.5, 0.6) is 0 Å². The molecule has 0 aliphatic carbocycles. The minimum absolute atomic E-state index is 0.297. The van der Waals surface area contributed by atoms with Crippen LogP contribution < -0.4 is 5.73 Å². The van der Waals surface area contributed by atoms with Crippen molar-refractivity contribution in [3.8, 4) is 11.5 Å². The second kappa shape index (κ2) is 4.21. The molecule has 2 aromatic rings. The summed E-state index contributed by atoms with van der Waals surface area (Å²) in [6.07, 6.45) is 0.981. The molecule has 86 valence electrons. The Bertz CT molecular complexity index is 471. The average molecular weight is 238 g/mol. The summed E-state index contributed by atoms with van der Waals surface area (Å²) in [4.78, 5) is 4.35. The average Bonchev–Trinajstić information content (AvgIpc) is 2.85.